The Morgan fingerprint density at radius 2 is 1.86 bits per heavy atom. The Hall–Kier alpha value is -3.45. The van der Waals surface area contributed by atoms with Crippen molar-refractivity contribution in [2.24, 2.45) is 10.9 Å². The van der Waals surface area contributed by atoms with E-state index in [4.69, 9.17) is 21.9 Å². The van der Waals surface area contributed by atoms with Crippen LogP contribution in [-0.4, -0.2) is 26.0 Å². The van der Waals surface area contributed by atoms with Crippen LogP contribution in [0.25, 0.3) is 33.3 Å². The molecule has 4 aromatic rings. The molecule has 8 heteroatoms. The van der Waals surface area contributed by atoms with Crippen LogP contribution < -0.4 is 5.73 Å². The van der Waals surface area contributed by atoms with Crippen molar-refractivity contribution in [1.29, 1.82) is 0 Å². The van der Waals surface area contributed by atoms with E-state index in [0.29, 0.717) is 27.7 Å². The summed E-state index contributed by atoms with van der Waals surface area (Å²) in [6.45, 7) is 3.63. The van der Waals surface area contributed by atoms with Crippen LogP contribution in [0.1, 0.15) is 11.5 Å². The summed E-state index contributed by atoms with van der Waals surface area (Å²) in [7, 11) is 0. The molecule has 0 fully saturated rings. The molecule has 0 aliphatic rings. The van der Waals surface area contributed by atoms with Crippen molar-refractivity contribution in [3.8, 4) is 28.1 Å². The number of aromatic nitrogens is 2. The van der Waals surface area contributed by atoms with Crippen LogP contribution in [0.2, 0.25) is 5.02 Å². The van der Waals surface area contributed by atoms with E-state index in [9.17, 15) is 10.3 Å². The van der Waals surface area contributed by atoms with E-state index in [1.165, 1.54) is 0 Å². The second-order valence-electron chi connectivity index (χ2n) is 6.42. The molecule has 4 rings (SSSR count). The van der Waals surface area contributed by atoms with Gasteiger partial charge in [0.15, 0.2) is 0 Å². The summed E-state index contributed by atoms with van der Waals surface area (Å²) in [5, 5.41) is 27.8. The first-order valence-electron chi connectivity index (χ1n) is 8.47. The Labute approximate surface area is 165 Å². The first-order chi connectivity index (χ1) is 13.4. The molecule has 0 aliphatic carbocycles. The molecule has 2 aromatic heterocycles. The van der Waals surface area contributed by atoms with E-state index >= 15 is 0 Å². The number of oxime groups is 1. The fourth-order valence-corrected chi connectivity index (χ4v) is 3.70. The number of nitrogens with zero attached hydrogens (tertiary/aromatic N) is 3. The van der Waals surface area contributed by atoms with E-state index in [2.05, 4.69) is 10.3 Å². The van der Waals surface area contributed by atoms with E-state index in [1.807, 2.05) is 13.0 Å². The summed E-state index contributed by atoms with van der Waals surface area (Å²) in [5.74, 6) is 0.645. The molecular weight excluding hydrogens is 380 g/mol. The van der Waals surface area contributed by atoms with Gasteiger partial charge in [-0.3, -0.25) is 4.57 Å². The SMILES string of the molecule is Cc1noc(C)c1-c1c(-c2ccc(O)cc2)c2cc(Cl)ccc2n1/C(N)=N/O. The molecule has 0 atom stereocenters. The molecule has 28 heavy (non-hydrogen) atoms. The summed E-state index contributed by atoms with van der Waals surface area (Å²) in [6.07, 6.45) is 0. The van der Waals surface area contributed by atoms with Crippen LogP contribution in [0.3, 0.4) is 0 Å². The van der Waals surface area contributed by atoms with Crippen molar-refractivity contribution in [3.05, 3.63) is 58.9 Å². The summed E-state index contributed by atoms with van der Waals surface area (Å²) < 4.78 is 7.01. The fourth-order valence-electron chi connectivity index (χ4n) is 3.52. The molecule has 2 aromatic carbocycles. The van der Waals surface area contributed by atoms with Gasteiger partial charge in [0.1, 0.15) is 11.5 Å². The van der Waals surface area contributed by atoms with Crippen LogP contribution in [0.5, 0.6) is 5.75 Å². The molecule has 0 bridgehead atoms. The summed E-state index contributed by atoms with van der Waals surface area (Å²) in [5.41, 5.74) is 10.5. The fraction of sp³-hybridized carbons (Fsp3) is 0.100. The number of nitrogens with two attached hydrogens (primary N) is 1. The topological polar surface area (TPSA) is 110 Å². The van der Waals surface area contributed by atoms with Crippen molar-refractivity contribution in [2.75, 3.05) is 0 Å². The molecule has 2 heterocycles. The Bertz CT molecular complexity index is 1200. The molecule has 0 spiro atoms. The monoisotopic (exact) mass is 396 g/mol. The van der Waals surface area contributed by atoms with E-state index in [-0.39, 0.29) is 11.7 Å². The molecular formula is C20H17ClN4O3. The van der Waals surface area contributed by atoms with Gasteiger partial charge in [0.05, 0.1) is 22.5 Å². The number of hydrogen-bond donors (Lipinski definition) is 3. The highest BCUT2D eigenvalue weighted by Gasteiger charge is 2.26. The molecule has 0 radical (unpaired) electrons. The predicted octanol–water partition coefficient (Wildman–Crippen LogP) is 4.49. The second kappa shape index (κ2) is 6.61. The van der Waals surface area contributed by atoms with Crippen molar-refractivity contribution >= 4 is 28.5 Å². The lowest BCUT2D eigenvalue weighted by Crippen LogP contribution is -2.23. The van der Waals surface area contributed by atoms with E-state index in [1.54, 1.807) is 47.9 Å². The highest BCUT2D eigenvalue weighted by Crippen LogP contribution is 2.43. The highest BCUT2D eigenvalue weighted by atomic mass is 35.5. The number of aromatic hydroxyl groups is 1. The van der Waals surface area contributed by atoms with Gasteiger partial charge in [-0.15, -0.1) is 0 Å². The van der Waals surface area contributed by atoms with E-state index < -0.39 is 0 Å². The maximum Gasteiger partial charge on any atom is 0.242 e. The van der Waals surface area contributed by atoms with Crippen LogP contribution in [0.15, 0.2) is 52.1 Å². The van der Waals surface area contributed by atoms with Gasteiger partial charge in [-0.05, 0) is 49.7 Å². The third-order valence-corrected chi connectivity index (χ3v) is 4.92. The Kier molecular flexibility index (Phi) is 4.24. The maximum atomic E-state index is 9.71. The first-order valence-corrected chi connectivity index (χ1v) is 8.84. The zero-order valence-electron chi connectivity index (χ0n) is 15.1. The summed E-state index contributed by atoms with van der Waals surface area (Å²) >= 11 is 6.27. The predicted molar refractivity (Wildman–Crippen MR) is 108 cm³/mol. The molecule has 142 valence electrons. The normalized spacial score (nSPS) is 12.0. The number of rotatable bonds is 2. The number of phenolic OH excluding ortho intramolecular Hbond substituents is 1. The van der Waals surface area contributed by atoms with Crippen molar-refractivity contribution in [1.82, 2.24) is 9.72 Å². The lowest BCUT2D eigenvalue weighted by molar-refractivity contribution is 0.316. The van der Waals surface area contributed by atoms with Gasteiger partial charge in [0, 0.05) is 16.0 Å². The quantitative estimate of drug-likeness (QED) is 0.200. The van der Waals surface area contributed by atoms with Crippen molar-refractivity contribution < 1.29 is 14.8 Å². The third kappa shape index (κ3) is 2.68. The standard InChI is InChI=1S/C20H17ClN4O3/c1-10-17(11(2)28-24-10)19-18(12-3-6-14(26)7-4-12)15-9-13(21)5-8-16(15)25(19)20(22)23-27/h3-9,26-27H,1-2H3,(H2,22,23). The molecule has 0 aliphatic heterocycles. The van der Waals surface area contributed by atoms with Crippen molar-refractivity contribution in [2.45, 2.75) is 13.8 Å². The number of aryl methyl sites for hydroxylation is 2. The highest BCUT2D eigenvalue weighted by molar-refractivity contribution is 6.31. The van der Waals surface area contributed by atoms with Gasteiger partial charge in [-0.25, -0.2) is 0 Å². The number of phenols is 1. The molecule has 0 unspecified atom stereocenters. The van der Waals surface area contributed by atoms with Crippen LogP contribution >= 0.6 is 11.6 Å². The number of halogens is 1. The lowest BCUT2D eigenvalue weighted by atomic mass is 9.97. The van der Waals surface area contributed by atoms with E-state index in [0.717, 1.165) is 22.1 Å². The number of fused-ring (bicyclic) bond motifs is 1. The Morgan fingerprint density at radius 1 is 1.14 bits per heavy atom. The Morgan fingerprint density at radius 3 is 2.46 bits per heavy atom. The molecule has 4 N–H and O–H groups in total. The average Bonchev–Trinajstić information content (AvgIpc) is 3.17. The smallest absolute Gasteiger partial charge is 0.242 e. The molecule has 0 amide bonds. The van der Waals surface area contributed by atoms with Crippen LogP contribution in [0.4, 0.5) is 0 Å². The third-order valence-electron chi connectivity index (χ3n) is 4.69. The average molecular weight is 397 g/mol. The second-order valence-corrected chi connectivity index (χ2v) is 6.86. The van der Waals surface area contributed by atoms with Crippen LogP contribution in [-0.2, 0) is 0 Å². The minimum absolute atomic E-state index is 0.104. The van der Waals surface area contributed by atoms with Crippen molar-refractivity contribution in [3.63, 3.8) is 0 Å². The molecule has 0 saturated heterocycles. The minimum atomic E-state index is -0.104. The van der Waals surface area contributed by atoms with Gasteiger partial charge >= 0.3 is 0 Å². The first kappa shape index (κ1) is 17.9. The molecule has 0 saturated carbocycles. The number of hydrogen-bond acceptors (Lipinski definition) is 5. The Balaban J connectivity index is 2.24. The van der Waals surface area contributed by atoms with Gasteiger partial charge in [0.2, 0.25) is 5.96 Å². The number of benzene rings is 2. The molecule has 7 nitrogen and oxygen atoms in total. The van der Waals surface area contributed by atoms with Gasteiger partial charge in [-0.2, -0.15) is 0 Å². The maximum absolute atomic E-state index is 9.71. The zero-order valence-corrected chi connectivity index (χ0v) is 15.9. The van der Waals surface area contributed by atoms with Gasteiger partial charge in [-0.1, -0.05) is 34.0 Å². The van der Waals surface area contributed by atoms with Gasteiger partial charge < -0.3 is 20.6 Å². The summed E-state index contributed by atoms with van der Waals surface area (Å²) in [6, 6.07) is 12.2. The summed E-state index contributed by atoms with van der Waals surface area (Å²) in [4.78, 5) is 0. The zero-order chi connectivity index (χ0) is 20.0. The van der Waals surface area contributed by atoms with Crippen LogP contribution in [0, 0.1) is 13.8 Å². The minimum Gasteiger partial charge on any atom is -0.508 e. The largest absolute Gasteiger partial charge is 0.508 e. The lowest BCUT2D eigenvalue weighted by Gasteiger charge is -2.11. The van der Waals surface area contributed by atoms with Gasteiger partial charge in [0.25, 0.3) is 0 Å².